The van der Waals surface area contributed by atoms with E-state index >= 15 is 0 Å². The monoisotopic (exact) mass is 313 g/mol. The highest BCUT2D eigenvalue weighted by atomic mass is 16.2. The lowest BCUT2D eigenvalue weighted by atomic mass is 10.1. The Kier molecular flexibility index (Phi) is 3.43. The summed E-state index contributed by atoms with van der Waals surface area (Å²) >= 11 is 0. The number of carbonyl (C=O) groups excluding carboxylic acids is 1. The van der Waals surface area contributed by atoms with E-state index in [0.29, 0.717) is 12.3 Å². The summed E-state index contributed by atoms with van der Waals surface area (Å²) in [6, 6.07) is 19.9. The summed E-state index contributed by atoms with van der Waals surface area (Å²) in [7, 11) is 0. The molecule has 0 N–H and O–H groups in total. The summed E-state index contributed by atoms with van der Waals surface area (Å²) < 4.78 is 0. The number of carbonyl (C=O) groups is 1. The van der Waals surface area contributed by atoms with Gasteiger partial charge < -0.3 is 0 Å². The van der Waals surface area contributed by atoms with E-state index in [1.807, 2.05) is 60.7 Å². The number of aliphatic imine (C=N–C) groups is 2. The average Bonchev–Trinajstić information content (AvgIpc) is 2.92. The molecule has 0 radical (unpaired) electrons. The first-order chi connectivity index (χ1) is 11.7. The van der Waals surface area contributed by atoms with Crippen molar-refractivity contribution in [3.63, 3.8) is 0 Å². The minimum atomic E-state index is -0.195. The number of amidine groups is 1. The molecule has 0 atom stereocenters. The summed E-state index contributed by atoms with van der Waals surface area (Å²) in [5.74, 6) is 0.382. The number of nitrogens with zero attached hydrogens (tertiary/aromatic N) is 3. The smallest absolute Gasteiger partial charge is 0.266 e. The molecular formula is C20H15N3O. The maximum atomic E-state index is 12.3. The second-order valence-corrected chi connectivity index (χ2v) is 5.66. The Hall–Kier alpha value is -3.27. The zero-order chi connectivity index (χ0) is 16.5. The first-order valence-electron chi connectivity index (χ1n) is 7.72. The van der Waals surface area contributed by atoms with Crippen LogP contribution in [0, 0.1) is 0 Å². The van der Waals surface area contributed by atoms with E-state index in [1.165, 1.54) is 0 Å². The fourth-order valence-electron chi connectivity index (χ4n) is 2.79. The van der Waals surface area contributed by atoms with Gasteiger partial charge in [-0.05, 0) is 5.56 Å². The number of fused-ring (bicyclic) bond motifs is 1. The molecule has 0 saturated carbocycles. The van der Waals surface area contributed by atoms with Gasteiger partial charge in [0.2, 0.25) is 0 Å². The van der Waals surface area contributed by atoms with E-state index < -0.39 is 0 Å². The zero-order valence-electron chi connectivity index (χ0n) is 13.0. The number of rotatable bonds is 3. The number of benzene rings is 2. The fourth-order valence-corrected chi connectivity index (χ4v) is 2.79. The molecule has 2 aliphatic heterocycles. The lowest BCUT2D eigenvalue weighted by Crippen LogP contribution is -2.36. The van der Waals surface area contributed by atoms with Crippen molar-refractivity contribution in [1.82, 2.24) is 4.90 Å². The van der Waals surface area contributed by atoms with Crippen molar-refractivity contribution in [2.45, 2.75) is 6.42 Å². The molecule has 0 fully saturated rings. The van der Waals surface area contributed by atoms with Crippen molar-refractivity contribution in [2.75, 3.05) is 0 Å². The molecule has 4 nitrogen and oxygen atoms in total. The molecular weight excluding hydrogens is 298 g/mol. The summed E-state index contributed by atoms with van der Waals surface area (Å²) in [6.45, 7) is 3.74. The normalized spacial score (nSPS) is 16.5. The summed E-state index contributed by atoms with van der Waals surface area (Å²) in [6.07, 6.45) is 2.35. The highest BCUT2D eigenvalue weighted by Gasteiger charge is 2.33. The van der Waals surface area contributed by atoms with Gasteiger partial charge in [0.15, 0.2) is 5.84 Å². The van der Waals surface area contributed by atoms with Crippen LogP contribution in [0.3, 0.4) is 0 Å². The van der Waals surface area contributed by atoms with Gasteiger partial charge in [0.05, 0.1) is 11.4 Å². The van der Waals surface area contributed by atoms with Crippen molar-refractivity contribution >= 4 is 23.2 Å². The third-order valence-corrected chi connectivity index (χ3v) is 3.98. The predicted molar refractivity (Wildman–Crippen MR) is 95.4 cm³/mol. The van der Waals surface area contributed by atoms with Crippen LogP contribution in [-0.2, 0) is 11.2 Å². The third-order valence-electron chi connectivity index (χ3n) is 3.98. The molecule has 0 unspecified atom stereocenters. The highest BCUT2D eigenvalue weighted by Crippen LogP contribution is 2.27. The van der Waals surface area contributed by atoms with Crippen molar-refractivity contribution in [2.24, 2.45) is 9.98 Å². The first-order valence-corrected chi connectivity index (χ1v) is 7.72. The van der Waals surface area contributed by atoms with Gasteiger partial charge in [-0.25, -0.2) is 9.98 Å². The van der Waals surface area contributed by atoms with Crippen LogP contribution in [0.1, 0.15) is 11.1 Å². The molecule has 2 heterocycles. The van der Waals surface area contributed by atoms with Crippen LogP contribution in [0.5, 0.6) is 0 Å². The van der Waals surface area contributed by atoms with Crippen molar-refractivity contribution < 1.29 is 4.79 Å². The molecule has 116 valence electrons. The van der Waals surface area contributed by atoms with Crippen LogP contribution in [0.4, 0.5) is 0 Å². The quantitative estimate of drug-likeness (QED) is 0.801. The fraction of sp³-hybridized carbons (Fsp3) is 0.0500. The van der Waals surface area contributed by atoms with Crippen LogP contribution in [0.25, 0.3) is 5.70 Å². The predicted octanol–water partition coefficient (Wildman–Crippen LogP) is 3.44. The van der Waals surface area contributed by atoms with Crippen molar-refractivity contribution in [1.29, 1.82) is 0 Å². The average molecular weight is 313 g/mol. The van der Waals surface area contributed by atoms with Gasteiger partial charge in [0.25, 0.3) is 5.91 Å². The maximum Gasteiger partial charge on any atom is 0.281 e. The Balaban J connectivity index is 1.78. The molecule has 24 heavy (non-hydrogen) atoms. The Morgan fingerprint density at radius 3 is 2.29 bits per heavy atom. The van der Waals surface area contributed by atoms with Crippen LogP contribution in [0.15, 0.2) is 89.1 Å². The van der Waals surface area contributed by atoms with Crippen molar-refractivity contribution in [3.8, 4) is 0 Å². The minimum absolute atomic E-state index is 0.195. The van der Waals surface area contributed by atoms with Crippen LogP contribution < -0.4 is 0 Å². The van der Waals surface area contributed by atoms with Gasteiger partial charge in [0, 0.05) is 18.2 Å². The van der Waals surface area contributed by atoms with Crippen LogP contribution in [-0.4, -0.2) is 22.4 Å². The van der Waals surface area contributed by atoms with Gasteiger partial charge in [-0.2, -0.15) is 0 Å². The molecule has 2 aliphatic rings. The summed E-state index contributed by atoms with van der Waals surface area (Å²) in [5, 5.41) is 0. The number of hydrogen-bond acceptors (Lipinski definition) is 3. The van der Waals surface area contributed by atoms with Crippen molar-refractivity contribution in [3.05, 3.63) is 90.3 Å². The van der Waals surface area contributed by atoms with E-state index in [2.05, 4.69) is 11.6 Å². The number of hydrogen-bond donors (Lipinski definition) is 0. The highest BCUT2D eigenvalue weighted by molar-refractivity contribution is 6.48. The van der Waals surface area contributed by atoms with Gasteiger partial charge in [-0.1, -0.05) is 67.2 Å². The first kappa shape index (κ1) is 14.3. The lowest BCUT2D eigenvalue weighted by molar-refractivity contribution is -0.120. The molecule has 1 amide bonds. The Morgan fingerprint density at radius 1 is 0.917 bits per heavy atom. The molecule has 0 aromatic heterocycles. The van der Waals surface area contributed by atoms with Crippen LogP contribution in [0.2, 0.25) is 0 Å². The summed E-state index contributed by atoms with van der Waals surface area (Å²) in [5.41, 5.74) is 3.86. The Morgan fingerprint density at radius 2 is 1.58 bits per heavy atom. The van der Waals surface area contributed by atoms with Gasteiger partial charge in [-0.15, -0.1) is 0 Å². The standard InChI is InChI=1S/C20H15N3O/c1-14-20(24)23-13-18(16-10-6-3-7-11-16)22-17(19(23)21-14)12-15-8-4-2-5-9-15/h2-11,13H,1,12H2. The minimum Gasteiger partial charge on any atom is -0.266 e. The molecule has 0 saturated heterocycles. The second-order valence-electron chi connectivity index (χ2n) is 5.66. The van der Waals surface area contributed by atoms with Gasteiger partial charge in [0.1, 0.15) is 5.70 Å². The largest absolute Gasteiger partial charge is 0.281 e. The van der Waals surface area contributed by atoms with E-state index in [0.717, 1.165) is 22.5 Å². The second kappa shape index (κ2) is 5.74. The number of amides is 1. The SMILES string of the molecule is C=C1N=C2C(Cc3ccccc3)=NC(c3ccccc3)=CN2C1=O. The third kappa shape index (κ3) is 2.48. The topological polar surface area (TPSA) is 45.0 Å². The molecule has 4 heteroatoms. The zero-order valence-corrected chi connectivity index (χ0v) is 13.0. The molecule has 0 aliphatic carbocycles. The molecule has 0 bridgehead atoms. The van der Waals surface area contributed by atoms with E-state index in [-0.39, 0.29) is 11.6 Å². The van der Waals surface area contributed by atoms with Crippen LogP contribution >= 0.6 is 0 Å². The van der Waals surface area contributed by atoms with E-state index in [4.69, 9.17) is 4.99 Å². The Labute approximate surface area is 140 Å². The maximum absolute atomic E-state index is 12.3. The van der Waals surface area contributed by atoms with E-state index in [9.17, 15) is 4.79 Å². The van der Waals surface area contributed by atoms with E-state index in [1.54, 1.807) is 11.1 Å². The lowest BCUT2D eigenvalue weighted by Gasteiger charge is -2.21. The molecule has 2 aromatic carbocycles. The van der Waals surface area contributed by atoms with Gasteiger partial charge in [-0.3, -0.25) is 9.69 Å². The van der Waals surface area contributed by atoms with Gasteiger partial charge >= 0.3 is 0 Å². The molecule has 2 aromatic rings. The summed E-state index contributed by atoms with van der Waals surface area (Å²) in [4.78, 5) is 23.0. The molecule has 0 spiro atoms. The molecule has 4 rings (SSSR count). The Bertz CT molecular complexity index is 908.